The highest BCUT2D eigenvalue weighted by Crippen LogP contribution is 2.75. The molecule has 2 bridgehead atoms. The predicted octanol–water partition coefficient (Wildman–Crippen LogP) is 2.02. The molecular weight excluding hydrogens is 548 g/mol. The number of aliphatic hydroxyl groups is 2. The number of hydrogen-bond donors (Lipinski definition) is 2. The Hall–Kier alpha value is -3.28. The molecule has 42 heavy (non-hydrogen) atoms. The van der Waals surface area contributed by atoms with Crippen molar-refractivity contribution in [2.45, 2.75) is 95.6 Å². The van der Waals surface area contributed by atoms with Crippen LogP contribution in [0.1, 0.15) is 64.7 Å². The van der Waals surface area contributed by atoms with E-state index in [1.165, 1.54) is 20.8 Å². The maximum Gasteiger partial charge on any atom is 0.343 e. The molecule has 11 heteroatoms. The molecule has 2 aliphatic heterocycles. The van der Waals surface area contributed by atoms with Gasteiger partial charge in [-0.2, -0.15) is 0 Å². The summed E-state index contributed by atoms with van der Waals surface area (Å²) in [7, 11) is 0. The van der Waals surface area contributed by atoms with Gasteiger partial charge in [-0.25, -0.2) is 9.59 Å². The van der Waals surface area contributed by atoms with Crippen LogP contribution in [0.3, 0.4) is 0 Å². The van der Waals surface area contributed by atoms with Crippen molar-refractivity contribution in [2.24, 2.45) is 16.7 Å². The third-order valence-electron chi connectivity index (χ3n) is 10.7. The second-order valence-corrected chi connectivity index (χ2v) is 13.0. The normalized spacial score (nSPS) is 42.7. The fraction of sp³-hybridized carbons (Fsp3) is 0.613. The van der Waals surface area contributed by atoms with Gasteiger partial charge in [-0.05, 0) is 44.1 Å². The lowest BCUT2D eigenvalue weighted by molar-refractivity contribution is -0.380. The molecule has 226 valence electrons. The SMILES string of the molecule is CC(=O)O[C@H]1C[C@@]23C(=C1C)[C@@](O)(C(=O)OC2(C)C)[C@]1(C)[C@@H](O)C[C@H]2OC[C@@]2(OC(C)=O)[C@@H]1[C@@H]3OC(=O)c1ccccc1. The molecule has 2 saturated carbocycles. The first-order valence-electron chi connectivity index (χ1n) is 14.2. The maximum absolute atomic E-state index is 14.1. The van der Waals surface area contributed by atoms with Crippen molar-refractivity contribution in [1.82, 2.24) is 0 Å². The van der Waals surface area contributed by atoms with Crippen LogP contribution in [0.25, 0.3) is 0 Å². The molecule has 9 atom stereocenters. The highest BCUT2D eigenvalue weighted by atomic mass is 16.6. The van der Waals surface area contributed by atoms with E-state index in [1.807, 2.05) is 0 Å². The van der Waals surface area contributed by atoms with E-state index in [9.17, 15) is 29.4 Å². The first-order valence-corrected chi connectivity index (χ1v) is 14.2. The summed E-state index contributed by atoms with van der Waals surface area (Å²) in [6, 6.07) is 8.32. The smallest absolute Gasteiger partial charge is 0.343 e. The fourth-order valence-corrected chi connectivity index (χ4v) is 8.89. The second kappa shape index (κ2) is 8.87. The number of benzene rings is 1. The van der Waals surface area contributed by atoms with Crippen LogP contribution in [0.4, 0.5) is 0 Å². The summed E-state index contributed by atoms with van der Waals surface area (Å²) >= 11 is 0. The van der Waals surface area contributed by atoms with Gasteiger partial charge >= 0.3 is 23.9 Å². The van der Waals surface area contributed by atoms with Crippen LogP contribution in [-0.2, 0) is 38.1 Å². The van der Waals surface area contributed by atoms with Gasteiger partial charge in [0, 0.05) is 32.1 Å². The summed E-state index contributed by atoms with van der Waals surface area (Å²) in [6.45, 7) is 8.92. The van der Waals surface area contributed by atoms with Gasteiger partial charge in [0.1, 0.15) is 23.9 Å². The molecule has 0 amide bonds. The Morgan fingerprint density at radius 3 is 2.26 bits per heavy atom. The van der Waals surface area contributed by atoms with Gasteiger partial charge in [-0.3, -0.25) is 9.59 Å². The molecule has 0 spiro atoms. The number of cyclic esters (lactones) is 1. The number of rotatable bonds is 4. The largest absolute Gasteiger partial charge is 0.458 e. The van der Waals surface area contributed by atoms with E-state index in [-0.39, 0.29) is 30.6 Å². The minimum atomic E-state index is -2.45. The van der Waals surface area contributed by atoms with Crippen LogP contribution < -0.4 is 0 Å². The minimum Gasteiger partial charge on any atom is -0.458 e. The van der Waals surface area contributed by atoms with Gasteiger partial charge in [0.2, 0.25) is 0 Å². The highest BCUT2D eigenvalue weighted by Gasteiger charge is 2.88. The minimum absolute atomic E-state index is 0.00736. The molecule has 3 aliphatic carbocycles. The van der Waals surface area contributed by atoms with Crippen molar-refractivity contribution in [3.05, 3.63) is 47.0 Å². The topological polar surface area (TPSA) is 155 Å². The summed E-state index contributed by atoms with van der Waals surface area (Å²) in [4.78, 5) is 52.8. The number of esters is 4. The zero-order valence-electron chi connectivity index (χ0n) is 24.5. The Balaban J connectivity index is 1.68. The Morgan fingerprint density at radius 1 is 1.02 bits per heavy atom. The Labute approximate surface area is 243 Å². The maximum atomic E-state index is 14.1. The van der Waals surface area contributed by atoms with E-state index in [0.717, 1.165) is 0 Å². The van der Waals surface area contributed by atoms with Gasteiger partial charge in [0.15, 0.2) is 11.2 Å². The lowest BCUT2D eigenvalue weighted by atomic mass is 9.37. The highest BCUT2D eigenvalue weighted by molar-refractivity contribution is 5.91. The zero-order valence-corrected chi connectivity index (χ0v) is 24.5. The van der Waals surface area contributed by atoms with Crippen LogP contribution in [0.2, 0.25) is 0 Å². The number of carbonyl (C=O) groups is 4. The van der Waals surface area contributed by atoms with Crippen LogP contribution >= 0.6 is 0 Å². The zero-order chi connectivity index (χ0) is 30.6. The Bertz CT molecular complexity index is 1420. The summed E-state index contributed by atoms with van der Waals surface area (Å²) in [5.41, 5.74) is -7.68. The van der Waals surface area contributed by atoms with Crippen LogP contribution in [0, 0.1) is 16.7 Å². The van der Waals surface area contributed by atoms with Crippen molar-refractivity contribution in [3.8, 4) is 0 Å². The molecule has 2 heterocycles. The van der Waals surface area contributed by atoms with Gasteiger partial charge in [0.25, 0.3) is 0 Å². The van der Waals surface area contributed by atoms with Gasteiger partial charge in [-0.15, -0.1) is 0 Å². The molecule has 0 aromatic heterocycles. The van der Waals surface area contributed by atoms with Crippen molar-refractivity contribution in [2.75, 3.05) is 6.61 Å². The van der Waals surface area contributed by atoms with Crippen molar-refractivity contribution >= 4 is 23.9 Å². The number of hydrogen-bond acceptors (Lipinski definition) is 11. The quantitative estimate of drug-likeness (QED) is 0.303. The molecular formula is C31H36O11. The van der Waals surface area contributed by atoms with Gasteiger partial charge in [-0.1, -0.05) is 25.1 Å². The fourth-order valence-electron chi connectivity index (χ4n) is 8.89. The number of aliphatic hydroxyl groups excluding tert-OH is 1. The average molecular weight is 585 g/mol. The first kappa shape index (κ1) is 28.8. The molecule has 4 fully saturated rings. The number of ether oxygens (including phenoxy) is 5. The van der Waals surface area contributed by atoms with E-state index in [1.54, 1.807) is 51.1 Å². The molecule has 5 aliphatic rings. The second-order valence-electron chi connectivity index (χ2n) is 13.0. The Morgan fingerprint density at radius 2 is 1.69 bits per heavy atom. The van der Waals surface area contributed by atoms with E-state index >= 15 is 0 Å². The molecule has 0 radical (unpaired) electrons. The molecule has 2 N–H and O–H groups in total. The summed E-state index contributed by atoms with van der Waals surface area (Å²) in [5.74, 6) is -4.02. The van der Waals surface area contributed by atoms with E-state index in [0.29, 0.717) is 5.57 Å². The molecule has 0 unspecified atom stereocenters. The standard InChI is InChI=1S/C31H36O11/c1-15-19(39-16(2)32)13-29-22(15)31(37,26(36)42-27(29,4)5)28(6)20(34)12-21-30(14-38-21,41-17(3)33)23(28)24(29)40-25(35)18-10-8-7-9-11-18/h7-11,19-21,23-24,34,37H,12-14H2,1-6H3/t19-,20-,21+,23+,24-,28+,29-,30-,31+/m0/s1. The van der Waals surface area contributed by atoms with Crippen LogP contribution in [-0.4, -0.2) is 81.9 Å². The van der Waals surface area contributed by atoms with Gasteiger partial charge < -0.3 is 33.9 Å². The third kappa shape index (κ3) is 3.27. The third-order valence-corrected chi connectivity index (χ3v) is 10.7. The van der Waals surface area contributed by atoms with E-state index < -0.39 is 81.8 Å². The molecule has 11 nitrogen and oxygen atoms in total. The summed E-state index contributed by atoms with van der Waals surface area (Å²) in [5, 5.41) is 24.6. The van der Waals surface area contributed by atoms with Crippen molar-refractivity contribution in [1.29, 1.82) is 0 Å². The van der Waals surface area contributed by atoms with Crippen LogP contribution in [0.15, 0.2) is 41.5 Å². The lowest BCUT2D eigenvalue weighted by Gasteiger charge is -2.73. The van der Waals surface area contributed by atoms with E-state index in [4.69, 9.17) is 23.7 Å². The predicted molar refractivity (Wildman–Crippen MR) is 143 cm³/mol. The van der Waals surface area contributed by atoms with Gasteiger partial charge in [0.05, 0.1) is 29.6 Å². The molecule has 1 aromatic rings. The summed E-state index contributed by atoms with van der Waals surface area (Å²) < 4.78 is 30.0. The molecule has 6 rings (SSSR count). The van der Waals surface area contributed by atoms with E-state index in [2.05, 4.69) is 0 Å². The van der Waals surface area contributed by atoms with Crippen LogP contribution in [0.5, 0.6) is 0 Å². The number of fused-ring (bicyclic) bond motifs is 4. The summed E-state index contributed by atoms with van der Waals surface area (Å²) in [6.07, 6.45) is -4.35. The van der Waals surface area contributed by atoms with Crippen molar-refractivity contribution in [3.63, 3.8) is 0 Å². The monoisotopic (exact) mass is 584 g/mol. The van der Waals surface area contributed by atoms with Crippen molar-refractivity contribution < 1.29 is 53.1 Å². The Kier molecular flexibility index (Phi) is 6.09. The molecule has 2 saturated heterocycles. The number of carbonyl (C=O) groups excluding carboxylic acids is 4. The first-order chi connectivity index (χ1) is 19.6. The molecule has 1 aromatic carbocycles. The average Bonchev–Trinajstić information content (AvgIpc) is 3.20. The lowest BCUT2D eigenvalue weighted by Crippen LogP contribution is -2.87.